The normalized spacial score (nSPS) is 11.0. The number of ether oxygens (including phenoxy) is 1. The lowest BCUT2D eigenvalue weighted by Gasteiger charge is -2.00. The van der Waals surface area contributed by atoms with Crippen molar-refractivity contribution < 1.29 is 9.53 Å². The molecule has 0 saturated carbocycles. The number of nitrogens with one attached hydrogen (secondary N) is 2. The Balaban J connectivity index is 1.83. The first-order chi connectivity index (χ1) is 11.2. The van der Waals surface area contributed by atoms with Gasteiger partial charge in [0.05, 0.1) is 13.3 Å². The molecule has 6 heteroatoms. The van der Waals surface area contributed by atoms with Crippen LogP contribution in [-0.2, 0) is 0 Å². The highest BCUT2D eigenvalue weighted by Crippen LogP contribution is 2.25. The summed E-state index contributed by atoms with van der Waals surface area (Å²) in [5.41, 5.74) is 5.89. The first-order valence-electron chi connectivity index (χ1n) is 7.09. The zero-order valence-corrected chi connectivity index (χ0v) is 12.8. The SMILES string of the molecule is COc1ccc2[nH]c(C)c(/C=N/NC(=O)c3ccncc3)c2c1. The van der Waals surface area contributed by atoms with E-state index in [1.54, 1.807) is 37.9 Å². The summed E-state index contributed by atoms with van der Waals surface area (Å²) >= 11 is 0. The maximum absolute atomic E-state index is 11.9. The van der Waals surface area contributed by atoms with Crippen LogP contribution in [-0.4, -0.2) is 29.2 Å². The van der Waals surface area contributed by atoms with E-state index in [1.807, 2.05) is 25.1 Å². The topological polar surface area (TPSA) is 79.4 Å². The van der Waals surface area contributed by atoms with Gasteiger partial charge in [0.15, 0.2) is 0 Å². The van der Waals surface area contributed by atoms with Gasteiger partial charge in [-0.2, -0.15) is 5.10 Å². The van der Waals surface area contributed by atoms with E-state index in [1.165, 1.54) is 0 Å². The van der Waals surface area contributed by atoms with Gasteiger partial charge in [0.2, 0.25) is 0 Å². The molecule has 23 heavy (non-hydrogen) atoms. The van der Waals surface area contributed by atoms with Crippen molar-refractivity contribution in [1.82, 2.24) is 15.4 Å². The number of benzene rings is 1. The number of methoxy groups -OCH3 is 1. The predicted octanol–water partition coefficient (Wildman–Crippen LogP) is 2.64. The molecule has 2 heterocycles. The molecule has 1 amide bonds. The van der Waals surface area contributed by atoms with Crippen molar-refractivity contribution in [3.8, 4) is 5.75 Å². The Kier molecular flexibility index (Phi) is 4.05. The van der Waals surface area contributed by atoms with Crippen molar-refractivity contribution in [1.29, 1.82) is 0 Å². The molecule has 3 rings (SSSR count). The lowest BCUT2D eigenvalue weighted by molar-refractivity contribution is 0.0955. The number of carbonyl (C=O) groups excluding carboxylic acids is 1. The van der Waals surface area contributed by atoms with Gasteiger partial charge >= 0.3 is 0 Å². The fraction of sp³-hybridized carbons (Fsp3) is 0.118. The molecule has 0 fully saturated rings. The standard InChI is InChI=1S/C17H16N4O2/c1-11-15(14-9-13(23-2)3-4-16(14)20-11)10-19-21-17(22)12-5-7-18-8-6-12/h3-10,20H,1-2H3,(H,21,22)/b19-10+. The zero-order chi connectivity index (χ0) is 16.2. The van der Waals surface area contributed by atoms with Crippen LogP contribution in [0.5, 0.6) is 5.75 Å². The molecule has 3 aromatic rings. The number of hydrogen-bond acceptors (Lipinski definition) is 4. The molecular weight excluding hydrogens is 292 g/mol. The molecule has 116 valence electrons. The van der Waals surface area contributed by atoms with Crippen molar-refractivity contribution in [3.63, 3.8) is 0 Å². The van der Waals surface area contributed by atoms with Crippen LogP contribution in [0.15, 0.2) is 47.8 Å². The molecule has 6 nitrogen and oxygen atoms in total. The summed E-state index contributed by atoms with van der Waals surface area (Å²) in [6, 6.07) is 9.04. The van der Waals surface area contributed by atoms with Crippen LogP contribution in [0.25, 0.3) is 10.9 Å². The highest BCUT2D eigenvalue weighted by Gasteiger charge is 2.08. The Labute approximate surface area is 133 Å². The van der Waals surface area contributed by atoms with Gasteiger partial charge in [-0.05, 0) is 37.3 Å². The van der Waals surface area contributed by atoms with Crippen LogP contribution in [0.4, 0.5) is 0 Å². The molecule has 0 bridgehead atoms. The number of hydrazone groups is 1. The van der Waals surface area contributed by atoms with Crippen LogP contribution < -0.4 is 10.2 Å². The second-order valence-electron chi connectivity index (χ2n) is 5.01. The molecule has 0 spiro atoms. The zero-order valence-electron chi connectivity index (χ0n) is 12.8. The Morgan fingerprint density at radius 2 is 2.09 bits per heavy atom. The van der Waals surface area contributed by atoms with Gasteiger partial charge in [0, 0.05) is 40.1 Å². The van der Waals surface area contributed by atoms with E-state index in [-0.39, 0.29) is 5.91 Å². The van der Waals surface area contributed by atoms with E-state index in [4.69, 9.17) is 4.74 Å². The molecule has 0 atom stereocenters. The summed E-state index contributed by atoms with van der Waals surface area (Å²) in [5.74, 6) is 0.491. The van der Waals surface area contributed by atoms with E-state index >= 15 is 0 Å². The van der Waals surface area contributed by atoms with Gasteiger partial charge < -0.3 is 9.72 Å². The number of rotatable bonds is 4. The third kappa shape index (κ3) is 3.06. The number of nitrogens with zero attached hydrogens (tertiary/aromatic N) is 2. The average Bonchev–Trinajstić information content (AvgIpc) is 2.90. The lowest BCUT2D eigenvalue weighted by Crippen LogP contribution is -2.17. The number of amides is 1. The third-order valence-corrected chi connectivity index (χ3v) is 3.55. The molecule has 2 N–H and O–H groups in total. The highest BCUT2D eigenvalue weighted by atomic mass is 16.5. The van der Waals surface area contributed by atoms with E-state index in [9.17, 15) is 4.79 Å². The predicted molar refractivity (Wildman–Crippen MR) is 88.9 cm³/mol. The monoisotopic (exact) mass is 308 g/mol. The maximum atomic E-state index is 11.9. The van der Waals surface area contributed by atoms with Crippen LogP contribution in [0, 0.1) is 6.92 Å². The number of aromatic nitrogens is 2. The highest BCUT2D eigenvalue weighted by molar-refractivity contribution is 6.02. The van der Waals surface area contributed by atoms with Crippen molar-refractivity contribution in [2.75, 3.05) is 7.11 Å². The summed E-state index contributed by atoms with van der Waals surface area (Å²) in [7, 11) is 1.63. The molecular formula is C17H16N4O2. The third-order valence-electron chi connectivity index (χ3n) is 3.55. The second-order valence-corrected chi connectivity index (χ2v) is 5.01. The first kappa shape index (κ1) is 14.8. The van der Waals surface area contributed by atoms with Crippen molar-refractivity contribution in [3.05, 3.63) is 59.5 Å². The Morgan fingerprint density at radius 1 is 1.30 bits per heavy atom. The second kappa shape index (κ2) is 6.31. The average molecular weight is 308 g/mol. The van der Waals surface area contributed by atoms with Crippen LogP contribution >= 0.6 is 0 Å². The van der Waals surface area contributed by atoms with Crippen LogP contribution in [0.1, 0.15) is 21.6 Å². The van der Waals surface area contributed by atoms with E-state index < -0.39 is 0 Å². The molecule has 2 aromatic heterocycles. The minimum absolute atomic E-state index is 0.279. The molecule has 0 radical (unpaired) electrons. The molecule has 1 aromatic carbocycles. The first-order valence-corrected chi connectivity index (χ1v) is 7.09. The van der Waals surface area contributed by atoms with Gasteiger partial charge in [-0.1, -0.05) is 0 Å². The molecule has 0 aliphatic carbocycles. The van der Waals surface area contributed by atoms with E-state index in [0.29, 0.717) is 5.56 Å². The minimum atomic E-state index is -0.279. The van der Waals surface area contributed by atoms with Crippen LogP contribution in [0.2, 0.25) is 0 Å². The lowest BCUT2D eigenvalue weighted by atomic mass is 10.1. The van der Waals surface area contributed by atoms with Gasteiger partial charge in [-0.15, -0.1) is 0 Å². The molecule has 0 aliphatic rings. The van der Waals surface area contributed by atoms with Crippen molar-refractivity contribution >= 4 is 23.0 Å². The largest absolute Gasteiger partial charge is 0.497 e. The summed E-state index contributed by atoms with van der Waals surface area (Å²) in [5, 5.41) is 5.04. The summed E-state index contributed by atoms with van der Waals surface area (Å²) < 4.78 is 5.25. The Bertz CT molecular complexity index is 869. The molecule has 0 unspecified atom stereocenters. The van der Waals surface area contributed by atoms with Gasteiger partial charge in [-0.25, -0.2) is 5.43 Å². The minimum Gasteiger partial charge on any atom is -0.497 e. The number of hydrogen-bond donors (Lipinski definition) is 2. The quantitative estimate of drug-likeness (QED) is 0.574. The number of aryl methyl sites for hydroxylation is 1. The van der Waals surface area contributed by atoms with Crippen LogP contribution in [0.3, 0.4) is 0 Å². The summed E-state index contributed by atoms with van der Waals surface area (Å²) in [6.45, 7) is 1.96. The number of H-pyrrole nitrogens is 1. The fourth-order valence-corrected chi connectivity index (χ4v) is 2.34. The number of carbonyl (C=O) groups is 1. The van der Waals surface area contributed by atoms with Gasteiger partial charge in [-0.3, -0.25) is 9.78 Å². The molecule has 0 saturated heterocycles. The fourth-order valence-electron chi connectivity index (χ4n) is 2.34. The Hall–Kier alpha value is -3.15. The van der Waals surface area contributed by atoms with Crippen molar-refractivity contribution in [2.24, 2.45) is 5.10 Å². The molecule has 0 aliphatic heterocycles. The Morgan fingerprint density at radius 3 is 2.83 bits per heavy atom. The maximum Gasteiger partial charge on any atom is 0.271 e. The smallest absolute Gasteiger partial charge is 0.271 e. The van der Waals surface area contributed by atoms with E-state index in [0.717, 1.165) is 27.9 Å². The number of aromatic amines is 1. The summed E-state index contributed by atoms with van der Waals surface area (Å²) in [4.78, 5) is 19.1. The van der Waals surface area contributed by atoms with Gasteiger partial charge in [0.25, 0.3) is 5.91 Å². The summed E-state index contributed by atoms with van der Waals surface area (Å²) in [6.07, 6.45) is 4.76. The van der Waals surface area contributed by atoms with Gasteiger partial charge in [0.1, 0.15) is 5.75 Å². The van der Waals surface area contributed by atoms with E-state index in [2.05, 4.69) is 20.5 Å². The van der Waals surface area contributed by atoms with Crippen molar-refractivity contribution in [2.45, 2.75) is 6.92 Å². The number of fused-ring (bicyclic) bond motifs is 1. The number of pyridine rings is 1.